The van der Waals surface area contributed by atoms with E-state index in [9.17, 15) is 4.79 Å². The van der Waals surface area contributed by atoms with Crippen molar-refractivity contribution in [1.82, 2.24) is 4.90 Å². The zero-order chi connectivity index (χ0) is 21.1. The number of rotatable bonds is 7. The Hall–Kier alpha value is -1.66. The van der Waals surface area contributed by atoms with Crippen LogP contribution in [0.4, 0.5) is 4.39 Å². The largest absolute Gasteiger partial charge is 0.484 e. The van der Waals surface area contributed by atoms with E-state index < -0.39 is 0 Å². The van der Waals surface area contributed by atoms with Crippen molar-refractivity contribution in [2.24, 2.45) is 5.92 Å². The average Bonchev–Trinajstić information content (AvgIpc) is 3.41. The molecule has 5 nitrogen and oxygen atoms in total. The van der Waals surface area contributed by atoms with E-state index in [1.54, 1.807) is 6.07 Å². The molecule has 6 heteroatoms. The summed E-state index contributed by atoms with van der Waals surface area (Å²) >= 11 is 0. The third-order valence-electron chi connectivity index (χ3n) is 7.08. The second-order valence-corrected chi connectivity index (χ2v) is 9.17. The predicted molar refractivity (Wildman–Crippen MR) is 113 cm³/mol. The Morgan fingerprint density at radius 1 is 1.17 bits per heavy atom. The van der Waals surface area contributed by atoms with Crippen LogP contribution in [0.5, 0.6) is 5.75 Å². The first-order chi connectivity index (χ1) is 14.5. The lowest BCUT2D eigenvalue weighted by Crippen LogP contribution is -2.39. The third kappa shape index (κ3) is 4.35. The maximum Gasteiger partial charge on any atom is 0.338 e. The molecule has 0 N–H and O–H groups in total. The molecule has 0 unspecified atom stereocenters. The highest BCUT2D eigenvalue weighted by Gasteiger charge is 2.40. The first-order valence-electron chi connectivity index (χ1n) is 11.5. The van der Waals surface area contributed by atoms with E-state index in [1.165, 1.54) is 0 Å². The van der Waals surface area contributed by atoms with Gasteiger partial charge in [0.15, 0.2) is 11.6 Å². The molecule has 1 heterocycles. The predicted octanol–water partition coefficient (Wildman–Crippen LogP) is 4.15. The summed E-state index contributed by atoms with van der Waals surface area (Å²) in [5.41, 5.74) is 1.59. The highest BCUT2D eigenvalue weighted by atomic mass is 19.1. The summed E-state index contributed by atoms with van der Waals surface area (Å²) in [7, 11) is 0. The lowest BCUT2D eigenvalue weighted by atomic mass is 9.88. The lowest BCUT2D eigenvalue weighted by molar-refractivity contribution is 0.0188. The van der Waals surface area contributed by atoms with Gasteiger partial charge in [-0.1, -0.05) is 13.8 Å². The van der Waals surface area contributed by atoms with Gasteiger partial charge >= 0.3 is 5.97 Å². The van der Waals surface area contributed by atoms with Gasteiger partial charge in [-0.15, -0.1) is 0 Å². The highest BCUT2D eigenvalue weighted by Crippen LogP contribution is 2.43. The number of benzene rings is 1. The van der Waals surface area contributed by atoms with Crippen LogP contribution in [0.15, 0.2) is 6.07 Å². The summed E-state index contributed by atoms with van der Waals surface area (Å²) in [5.74, 6) is -0.126. The van der Waals surface area contributed by atoms with Gasteiger partial charge in [-0.3, -0.25) is 4.90 Å². The molecule has 0 aromatic heterocycles. The highest BCUT2D eigenvalue weighted by molar-refractivity contribution is 5.92. The van der Waals surface area contributed by atoms with Crippen LogP contribution < -0.4 is 4.74 Å². The Labute approximate surface area is 178 Å². The minimum Gasteiger partial charge on any atom is -0.484 e. The molecule has 30 heavy (non-hydrogen) atoms. The van der Waals surface area contributed by atoms with E-state index in [0.29, 0.717) is 30.7 Å². The number of morpholine rings is 1. The smallest absolute Gasteiger partial charge is 0.338 e. The molecule has 3 aliphatic rings. The Morgan fingerprint density at radius 2 is 1.87 bits per heavy atom. The number of carbonyl (C=O) groups is 1. The van der Waals surface area contributed by atoms with Gasteiger partial charge < -0.3 is 14.2 Å². The monoisotopic (exact) mass is 419 g/mol. The van der Waals surface area contributed by atoms with Crippen molar-refractivity contribution in [3.05, 3.63) is 28.6 Å². The minimum atomic E-state index is -0.365. The zero-order valence-corrected chi connectivity index (χ0v) is 18.3. The van der Waals surface area contributed by atoms with Crippen LogP contribution in [0.25, 0.3) is 0 Å². The summed E-state index contributed by atoms with van der Waals surface area (Å²) in [4.78, 5) is 15.1. The van der Waals surface area contributed by atoms with Gasteiger partial charge in [-0.05, 0) is 68.1 Å². The molecular formula is C24H34FNO4. The Balaban J connectivity index is 1.52. The van der Waals surface area contributed by atoms with Gasteiger partial charge in [0.1, 0.15) is 12.2 Å². The van der Waals surface area contributed by atoms with E-state index >= 15 is 4.39 Å². The molecule has 0 atom stereocenters. The maximum absolute atomic E-state index is 15.3. The molecule has 0 amide bonds. The molecule has 4 rings (SSSR count). The van der Waals surface area contributed by atoms with E-state index in [2.05, 4.69) is 18.7 Å². The van der Waals surface area contributed by atoms with Crippen molar-refractivity contribution in [2.75, 3.05) is 39.5 Å². The van der Waals surface area contributed by atoms with Gasteiger partial charge in [-0.2, -0.15) is 0 Å². The van der Waals surface area contributed by atoms with E-state index in [4.69, 9.17) is 14.2 Å². The molecule has 1 aliphatic heterocycles. The third-order valence-corrected chi connectivity index (χ3v) is 7.08. The first-order valence-corrected chi connectivity index (χ1v) is 11.5. The van der Waals surface area contributed by atoms with Crippen LogP contribution in [-0.2, 0) is 22.3 Å². The molecule has 1 aromatic rings. The standard InChI is InChI=1S/C24H34FNO4/c1-17(2)24(8-3-4-9-24)30-21-16-20(18-6-5-7-19(18)22(21)25)23(27)29-15-12-26-10-13-28-14-11-26/h16-17H,3-15H2,1-2H3. The van der Waals surface area contributed by atoms with Crippen molar-refractivity contribution >= 4 is 5.97 Å². The van der Waals surface area contributed by atoms with Gasteiger partial charge in [0.2, 0.25) is 0 Å². The van der Waals surface area contributed by atoms with Crippen LogP contribution in [-0.4, -0.2) is 55.9 Å². The second kappa shape index (κ2) is 9.23. The summed E-state index contributed by atoms with van der Waals surface area (Å²) in [5, 5.41) is 0. The molecule has 1 aromatic carbocycles. The average molecular weight is 420 g/mol. The fourth-order valence-corrected chi connectivity index (χ4v) is 5.13. The minimum absolute atomic E-state index is 0.228. The summed E-state index contributed by atoms with van der Waals surface area (Å²) in [6, 6.07) is 1.61. The van der Waals surface area contributed by atoms with Gasteiger partial charge in [0, 0.05) is 19.6 Å². The number of ether oxygens (including phenoxy) is 3. The van der Waals surface area contributed by atoms with E-state index in [-0.39, 0.29) is 29.1 Å². The number of fused-ring (bicyclic) bond motifs is 1. The molecule has 2 fully saturated rings. The number of hydrogen-bond acceptors (Lipinski definition) is 5. The number of hydrogen-bond donors (Lipinski definition) is 0. The van der Waals surface area contributed by atoms with E-state index in [1.807, 2.05) is 0 Å². The molecular weight excluding hydrogens is 385 g/mol. The van der Waals surface area contributed by atoms with Crippen molar-refractivity contribution < 1.29 is 23.4 Å². The fourth-order valence-electron chi connectivity index (χ4n) is 5.13. The quantitative estimate of drug-likeness (QED) is 0.622. The van der Waals surface area contributed by atoms with Gasteiger partial charge in [-0.25, -0.2) is 9.18 Å². The molecule has 1 saturated carbocycles. The van der Waals surface area contributed by atoms with Crippen molar-refractivity contribution in [1.29, 1.82) is 0 Å². The number of esters is 1. The molecule has 0 bridgehead atoms. The molecule has 1 saturated heterocycles. The van der Waals surface area contributed by atoms with Crippen LogP contribution in [0.3, 0.4) is 0 Å². The zero-order valence-electron chi connectivity index (χ0n) is 18.3. The topological polar surface area (TPSA) is 48.0 Å². The maximum atomic E-state index is 15.3. The van der Waals surface area contributed by atoms with Gasteiger partial charge in [0.05, 0.1) is 18.8 Å². The Kier molecular flexibility index (Phi) is 6.63. The van der Waals surface area contributed by atoms with Gasteiger partial charge in [0.25, 0.3) is 0 Å². The van der Waals surface area contributed by atoms with E-state index in [0.717, 1.165) is 70.4 Å². The Bertz CT molecular complexity index is 767. The van der Waals surface area contributed by atoms with Crippen molar-refractivity contribution in [2.45, 2.75) is 64.4 Å². The Morgan fingerprint density at radius 3 is 2.57 bits per heavy atom. The number of nitrogens with zero attached hydrogens (tertiary/aromatic N) is 1. The molecule has 0 radical (unpaired) electrons. The summed E-state index contributed by atoms with van der Waals surface area (Å²) < 4.78 is 32.6. The normalized spacial score (nSPS) is 21.1. The van der Waals surface area contributed by atoms with Crippen LogP contribution in [0.1, 0.15) is 67.4 Å². The van der Waals surface area contributed by atoms with Crippen molar-refractivity contribution in [3.63, 3.8) is 0 Å². The SMILES string of the molecule is CC(C)C1(Oc2cc(C(=O)OCCN3CCOCC3)c3c(c2F)CCC3)CCCC1. The van der Waals surface area contributed by atoms with Crippen LogP contribution in [0, 0.1) is 11.7 Å². The molecule has 0 spiro atoms. The summed E-state index contributed by atoms with van der Waals surface area (Å²) in [6.45, 7) is 8.46. The van der Waals surface area contributed by atoms with Crippen LogP contribution in [0.2, 0.25) is 0 Å². The fraction of sp³-hybridized carbons (Fsp3) is 0.708. The lowest BCUT2D eigenvalue weighted by Gasteiger charge is -2.35. The molecule has 166 valence electrons. The first kappa shape index (κ1) is 21.6. The number of carbonyl (C=O) groups excluding carboxylic acids is 1. The summed E-state index contributed by atoms with van der Waals surface area (Å²) in [6.07, 6.45) is 6.29. The number of halogens is 1. The van der Waals surface area contributed by atoms with Crippen LogP contribution >= 0.6 is 0 Å². The molecule has 2 aliphatic carbocycles. The van der Waals surface area contributed by atoms with Crippen molar-refractivity contribution in [3.8, 4) is 5.75 Å². The second-order valence-electron chi connectivity index (χ2n) is 9.17.